The highest BCUT2D eigenvalue weighted by Crippen LogP contribution is 2.21. The van der Waals surface area contributed by atoms with E-state index in [0.717, 1.165) is 24.3 Å². The van der Waals surface area contributed by atoms with E-state index in [1.54, 1.807) is 6.07 Å². The lowest BCUT2D eigenvalue weighted by atomic mass is 10.1. The molecule has 0 heterocycles. The summed E-state index contributed by atoms with van der Waals surface area (Å²) in [6.07, 6.45) is 3.23. The summed E-state index contributed by atoms with van der Waals surface area (Å²) in [5, 5.41) is 12.3. The number of hydrogen-bond acceptors (Lipinski definition) is 4. The highest BCUT2D eigenvalue weighted by Gasteiger charge is 2.14. The number of oxime groups is 1. The van der Waals surface area contributed by atoms with Crippen molar-refractivity contribution in [1.82, 2.24) is 4.90 Å². The lowest BCUT2D eigenvalue weighted by molar-refractivity contribution is 0.248. The van der Waals surface area contributed by atoms with Crippen LogP contribution in [0, 0.1) is 0 Å². The minimum Gasteiger partial charge on any atom is -0.409 e. The first-order chi connectivity index (χ1) is 9.53. The zero-order valence-corrected chi connectivity index (χ0v) is 13.7. The highest BCUT2D eigenvalue weighted by atomic mass is 35.5. The molecule has 0 aliphatic carbocycles. The number of hydrogen-bond donors (Lipinski definition) is 2. The summed E-state index contributed by atoms with van der Waals surface area (Å²) in [6, 6.07) is 6.01. The van der Waals surface area contributed by atoms with E-state index in [-0.39, 0.29) is 5.84 Å². The van der Waals surface area contributed by atoms with Gasteiger partial charge in [-0.3, -0.25) is 4.90 Å². The maximum atomic E-state index is 8.67. The summed E-state index contributed by atoms with van der Waals surface area (Å²) in [4.78, 5) is 2.31. The van der Waals surface area contributed by atoms with Crippen LogP contribution in [0.15, 0.2) is 23.4 Å². The Hall–Kier alpha value is -0.910. The monoisotopic (exact) mass is 315 g/mol. The van der Waals surface area contributed by atoms with E-state index in [9.17, 15) is 0 Å². The minimum absolute atomic E-state index is 0.0700. The average molecular weight is 316 g/mol. The number of nitrogens with zero attached hydrogens (tertiary/aromatic N) is 2. The number of halogens is 1. The standard InChI is InChI=1S/C14H22ClN3OS/c1-4-12(9-20-3)18(2)8-11-6-5-10(7-13(11)15)14(16)17-19/h5-7,12,19H,4,8-9H2,1-3H3,(H2,16,17). The zero-order valence-electron chi connectivity index (χ0n) is 12.1. The molecule has 1 rings (SSSR count). The van der Waals surface area contributed by atoms with Gasteiger partial charge < -0.3 is 10.9 Å². The second-order valence-corrected chi connectivity index (χ2v) is 6.04. The summed E-state index contributed by atoms with van der Waals surface area (Å²) >= 11 is 8.13. The summed E-state index contributed by atoms with van der Waals surface area (Å²) < 4.78 is 0. The van der Waals surface area contributed by atoms with E-state index in [0.29, 0.717) is 16.6 Å². The van der Waals surface area contributed by atoms with Crippen LogP contribution in [-0.4, -0.2) is 41.0 Å². The predicted molar refractivity (Wildman–Crippen MR) is 87.9 cm³/mol. The normalized spacial score (nSPS) is 13.8. The topological polar surface area (TPSA) is 61.8 Å². The summed E-state index contributed by atoms with van der Waals surface area (Å²) in [7, 11) is 2.11. The fourth-order valence-corrected chi connectivity index (χ4v) is 3.15. The molecule has 0 aliphatic heterocycles. The third kappa shape index (κ3) is 4.58. The van der Waals surface area contributed by atoms with Crippen LogP contribution in [0.4, 0.5) is 0 Å². The highest BCUT2D eigenvalue weighted by molar-refractivity contribution is 7.98. The van der Waals surface area contributed by atoms with E-state index < -0.39 is 0 Å². The Morgan fingerprint density at radius 1 is 1.55 bits per heavy atom. The molecule has 0 aromatic heterocycles. The first-order valence-electron chi connectivity index (χ1n) is 6.49. The van der Waals surface area contributed by atoms with Crippen LogP contribution in [0.3, 0.4) is 0 Å². The first kappa shape index (κ1) is 17.1. The van der Waals surface area contributed by atoms with Crippen LogP contribution in [0.2, 0.25) is 5.02 Å². The fraction of sp³-hybridized carbons (Fsp3) is 0.500. The number of benzene rings is 1. The first-order valence-corrected chi connectivity index (χ1v) is 8.26. The van der Waals surface area contributed by atoms with Gasteiger partial charge in [-0.2, -0.15) is 11.8 Å². The van der Waals surface area contributed by atoms with Crippen molar-refractivity contribution < 1.29 is 5.21 Å². The third-order valence-electron chi connectivity index (χ3n) is 3.33. The lowest BCUT2D eigenvalue weighted by Crippen LogP contribution is -2.32. The molecule has 1 unspecified atom stereocenters. The Morgan fingerprint density at radius 3 is 2.75 bits per heavy atom. The van der Waals surface area contributed by atoms with E-state index in [2.05, 4.69) is 30.3 Å². The molecule has 112 valence electrons. The summed E-state index contributed by atoms with van der Waals surface area (Å²) in [5.74, 6) is 1.17. The average Bonchev–Trinajstić information content (AvgIpc) is 2.45. The number of rotatable bonds is 7. The maximum absolute atomic E-state index is 8.67. The van der Waals surface area contributed by atoms with Crippen molar-refractivity contribution in [2.45, 2.75) is 25.9 Å². The van der Waals surface area contributed by atoms with Gasteiger partial charge in [0.15, 0.2) is 5.84 Å². The molecule has 6 heteroatoms. The van der Waals surface area contributed by atoms with Gasteiger partial charge in [0.25, 0.3) is 0 Å². The van der Waals surface area contributed by atoms with Crippen molar-refractivity contribution in [2.75, 3.05) is 19.1 Å². The molecule has 0 saturated heterocycles. The Morgan fingerprint density at radius 2 is 2.25 bits per heavy atom. The van der Waals surface area contributed by atoms with Crippen molar-refractivity contribution in [2.24, 2.45) is 10.9 Å². The van der Waals surface area contributed by atoms with Crippen LogP contribution in [0.25, 0.3) is 0 Å². The molecule has 0 saturated carbocycles. The molecular weight excluding hydrogens is 294 g/mol. The number of nitrogens with two attached hydrogens (primary N) is 1. The van der Waals surface area contributed by atoms with Gasteiger partial charge in [0, 0.05) is 28.9 Å². The third-order valence-corrected chi connectivity index (χ3v) is 4.40. The molecule has 0 aliphatic rings. The molecular formula is C14H22ClN3OS. The van der Waals surface area contributed by atoms with Gasteiger partial charge in [0.1, 0.15) is 0 Å². The molecule has 0 fully saturated rings. The number of amidine groups is 1. The predicted octanol–water partition coefficient (Wildman–Crippen LogP) is 3.01. The van der Waals surface area contributed by atoms with Crippen molar-refractivity contribution in [3.63, 3.8) is 0 Å². The Labute approximate surface area is 130 Å². The van der Waals surface area contributed by atoms with Gasteiger partial charge in [-0.25, -0.2) is 0 Å². The van der Waals surface area contributed by atoms with Crippen LogP contribution in [0.1, 0.15) is 24.5 Å². The molecule has 1 atom stereocenters. The molecule has 20 heavy (non-hydrogen) atoms. The van der Waals surface area contributed by atoms with Crippen molar-refractivity contribution >= 4 is 29.2 Å². The van der Waals surface area contributed by atoms with Gasteiger partial charge in [0.05, 0.1) is 0 Å². The molecule has 0 amide bonds. The van der Waals surface area contributed by atoms with Gasteiger partial charge >= 0.3 is 0 Å². The molecule has 0 spiro atoms. The number of thioether (sulfide) groups is 1. The van der Waals surface area contributed by atoms with Crippen LogP contribution in [-0.2, 0) is 6.54 Å². The quantitative estimate of drug-likeness (QED) is 0.351. The maximum Gasteiger partial charge on any atom is 0.170 e. The van der Waals surface area contributed by atoms with E-state index >= 15 is 0 Å². The smallest absolute Gasteiger partial charge is 0.170 e. The zero-order chi connectivity index (χ0) is 15.1. The van der Waals surface area contributed by atoms with Crippen molar-refractivity contribution in [3.05, 3.63) is 34.3 Å². The summed E-state index contributed by atoms with van der Waals surface area (Å²) in [5.41, 5.74) is 7.22. The molecule has 1 aromatic carbocycles. The molecule has 0 radical (unpaired) electrons. The van der Waals surface area contributed by atoms with E-state index in [1.165, 1.54) is 0 Å². The van der Waals surface area contributed by atoms with E-state index in [4.69, 9.17) is 22.5 Å². The lowest BCUT2D eigenvalue weighted by Gasteiger charge is -2.27. The fourth-order valence-electron chi connectivity index (χ4n) is 2.04. The van der Waals surface area contributed by atoms with Gasteiger partial charge in [-0.1, -0.05) is 35.8 Å². The van der Waals surface area contributed by atoms with Crippen LogP contribution < -0.4 is 5.73 Å². The molecule has 3 N–H and O–H groups in total. The van der Waals surface area contributed by atoms with Crippen molar-refractivity contribution in [3.8, 4) is 0 Å². The second-order valence-electron chi connectivity index (χ2n) is 4.72. The second kappa shape index (κ2) is 8.39. The molecule has 1 aromatic rings. The SMILES string of the molecule is CCC(CSC)N(C)Cc1ccc(/C(N)=N/O)cc1Cl. The Balaban J connectivity index is 2.82. The van der Waals surface area contributed by atoms with Gasteiger partial charge in [0.2, 0.25) is 0 Å². The largest absolute Gasteiger partial charge is 0.409 e. The van der Waals surface area contributed by atoms with Gasteiger partial charge in [-0.15, -0.1) is 0 Å². The van der Waals surface area contributed by atoms with Gasteiger partial charge in [-0.05, 0) is 31.4 Å². The molecule has 0 bridgehead atoms. The minimum atomic E-state index is 0.0700. The van der Waals surface area contributed by atoms with E-state index in [1.807, 2.05) is 23.9 Å². The Kier molecular flexibility index (Phi) is 7.19. The molecule has 4 nitrogen and oxygen atoms in total. The van der Waals surface area contributed by atoms with Crippen LogP contribution >= 0.6 is 23.4 Å². The van der Waals surface area contributed by atoms with Crippen molar-refractivity contribution in [1.29, 1.82) is 0 Å². The Bertz CT molecular complexity index is 468. The summed E-state index contributed by atoms with van der Waals surface area (Å²) in [6.45, 7) is 2.98. The van der Waals surface area contributed by atoms with Crippen LogP contribution in [0.5, 0.6) is 0 Å².